The van der Waals surface area contributed by atoms with Crippen LogP contribution in [0.3, 0.4) is 0 Å². The third kappa shape index (κ3) is 2.28. The number of ether oxygens (including phenoxy) is 1. The number of methoxy groups -OCH3 is 1. The molecule has 0 saturated heterocycles. The number of nitrogens with one attached hydrogen (secondary N) is 1. The summed E-state index contributed by atoms with van der Waals surface area (Å²) >= 11 is 0. The number of carbonyl (C=O) groups excluding carboxylic acids is 2. The van der Waals surface area contributed by atoms with Gasteiger partial charge in [-0.1, -0.05) is 18.2 Å². The second-order valence-electron chi connectivity index (χ2n) is 4.84. The molecule has 1 aliphatic rings. The molecule has 0 aliphatic carbocycles. The second kappa shape index (κ2) is 5.03. The number of rotatable bonds is 2. The molecule has 0 radical (unpaired) electrons. The predicted molar refractivity (Wildman–Crippen MR) is 78.8 cm³/mol. The summed E-state index contributed by atoms with van der Waals surface area (Å²) in [6.45, 7) is 0. The van der Waals surface area contributed by atoms with Crippen LogP contribution >= 0.6 is 0 Å². The normalized spacial score (nSPS) is 16.3. The van der Waals surface area contributed by atoms with E-state index in [0.29, 0.717) is 5.56 Å². The first kappa shape index (κ1) is 13.3. The van der Waals surface area contributed by atoms with Crippen LogP contribution in [0.15, 0.2) is 42.5 Å². The van der Waals surface area contributed by atoms with Crippen LogP contribution in [0.4, 0.5) is 5.69 Å². The molecule has 0 aromatic heterocycles. The molecule has 0 bridgehead atoms. The van der Waals surface area contributed by atoms with E-state index in [0.717, 1.165) is 22.4 Å². The molecule has 106 valence electrons. The monoisotopic (exact) mass is 282 g/mol. The third-order valence-corrected chi connectivity index (χ3v) is 3.57. The number of esters is 1. The van der Waals surface area contributed by atoms with Crippen LogP contribution in [0.5, 0.6) is 0 Å². The van der Waals surface area contributed by atoms with E-state index in [1.165, 1.54) is 7.11 Å². The third-order valence-electron chi connectivity index (χ3n) is 3.57. The summed E-state index contributed by atoms with van der Waals surface area (Å²) in [6.07, 6.45) is 0. The molecule has 2 aromatic rings. The van der Waals surface area contributed by atoms with Crippen LogP contribution < -0.4 is 11.1 Å². The first-order chi connectivity index (χ1) is 10.1. The number of anilines is 1. The van der Waals surface area contributed by atoms with Crippen molar-refractivity contribution in [3.8, 4) is 11.1 Å². The van der Waals surface area contributed by atoms with E-state index >= 15 is 0 Å². The maximum Gasteiger partial charge on any atom is 0.337 e. The van der Waals surface area contributed by atoms with Gasteiger partial charge in [-0.2, -0.15) is 0 Å². The average molecular weight is 282 g/mol. The van der Waals surface area contributed by atoms with Gasteiger partial charge in [-0.15, -0.1) is 0 Å². The van der Waals surface area contributed by atoms with Gasteiger partial charge in [-0.05, 0) is 35.4 Å². The van der Waals surface area contributed by atoms with Gasteiger partial charge in [0.05, 0.1) is 12.7 Å². The summed E-state index contributed by atoms with van der Waals surface area (Å²) < 4.78 is 4.67. The molecule has 1 amide bonds. The van der Waals surface area contributed by atoms with E-state index in [-0.39, 0.29) is 11.9 Å². The fourth-order valence-electron chi connectivity index (χ4n) is 2.38. The van der Waals surface area contributed by atoms with Crippen LogP contribution in [0, 0.1) is 0 Å². The Morgan fingerprint density at radius 2 is 1.81 bits per heavy atom. The molecule has 1 atom stereocenters. The van der Waals surface area contributed by atoms with Gasteiger partial charge in [0, 0.05) is 11.3 Å². The molecule has 21 heavy (non-hydrogen) atoms. The van der Waals surface area contributed by atoms with Gasteiger partial charge in [0.1, 0.15) is 6.04 Å². The van der Waals surface area contributed by atoms with Crippen molar-refractivity contribution >= 4 is 17.6 Å². The van der Waals surface area contributed by atoms with Gasteiger partial charge in [0.25, 0.3) is 0 Å². The molecule has 2 aromatic carbocycles. The van der Waals surface area contributed by atoms with E-state index in [9.17, 15) is 9.59 Å². The Balaban J connectivity index is 1.95. The summed E-state index contributed by atoms with van der Waals surface area (Å²) in [4.78, 5) is 23.0. The standard InChI is InChI=1S/C16H14N2O3/c1-21-16(20)10-4-2-9(3-5-10)11-6-7-13-12(8-11)14(17)15(19)18-13/h2-8,14H,17H2,1H3,(H,18,19)/t14-/m1/s1. The molecule has 3 N–H and O–H groups in total. The Morgan fingerprint density at radius 3 is 2.48 bits per heavy atom. The molecular weight excluding hydrogens is 268 g/mol. The van der Waals surface area contributed by atoms with Crippen LogP contribution in [0.2, 0.25) is 0 Å². The molecule has 1 heterocycles. The van der Waals surface area contributed by atoms with Crippen molar-refractivity contribution < 1.29 is 14.3 Å². The van der Waals surface area contributed by atoms with Crippen molar-refractivity contribution in [1.29, 1.82) is 0 Å². The van der Waals surface area contributed by atoms with E-state index in [1.54, 1.807) is 12.1 Å². The maximum absolute atomic E-state index is 11.5. The zero-order valence-corrected chi connectivity index (χ0v) is 11.4. The highest BCUT2D eigenvalue weighted by Gasteiger charge is 2.27. The molecule has 5 nitrogen and oxygen atoms in total. The number of hydrogen-bond acceptors (Lipinski definition) is 4. The van der Waals surface area contributed by atoms with Crippen LogP contribution in [-0.4, -0.2) is 19.0 Å². The topological polar surface area (TPSA) is 81.4 Å². The number of fused-ring (bicyclic) bond motifs is 1. The molecular formula is C16H14N2O3. The SMILES string of the molecule is COC(=O)c1ccc(-c2ccc3c(c2)[C@@H](N)C(=O)N3)cc1. The molecule has 3 rings (SSSR count). The number of amides is 1. The van der Waals surface area contributed by atoms with Crippen molar-refractivity contribution in [3.63, 3.8) is 0 Å². The Morgan fingerprint density at radius 1 is 1.14 bits per heavy atom. The molecule has 1 aliphatic heterocycles. The first-order valence-electron chi connectivity index (χ1n) is 6.49. The van der Waals surface area contributed by atoms with E-state index in [2.05, 4.69) is 10.1 Å². The summed E-state index contributed by atoms with van der Waals surface area (Å²) in [5, 5.41) is 2.73. The van der Waals surface area contributed by atoms with Gasteiger partial charge in [0.2, 0.25) is 5.91 Å². The zero-order chi connectivity index (χ0) is 15.0. The number of carbonyl (C=O) groups is 2. The second-order valence-corrected chi connectivity index (χ2v) is 4.84. The lowest BCUT2D eigenvalue weighted by Gasteiger charge is -2.07. The molecule has 0 unspecified atom stereocenters. The molecule has 0 saturated carbocycles. The average Bonchev–Trinajstić information content (AvgIpc) is 2.81. The minimum absolute atomic E-state index is 0.191. The van der Waals surface area contributed by atoms with Gasteiger partial charge >= 0.3 is 5.97 Å². The fraction of sp³-hybridized carbons (Fsp3) is 0.125. The summed E-state index contributed by atoms with van der Waals surface area (Å²) in [5.74, 6) is -0.560. The predicted octanol–water partition coefficient (Wildman–Crippen LogP) is 2.09. The lowest BCUT2D eigenvalue weighted by atomic mass is 9.99. The summed E-state index contributed by atoms with van der Waals surface area (Å²) in [6, 6.07) is 12.1. The summed E-state index contributed by atoms with van der Waals surface area (Å²) in [5.41, 5.74) is 9.76. The van der Waals surface area contributed by atoms with Crippen molar-refractivity contribution in [2.75, 3.05) is 12.4 Å². The largest absolute Gasteiger partial charge is 0.465 e. The molecule has 0 spiro atoms. The lowest BCUT2D eigenvalue weighted by molar-refractivity contribution is -0.116. The smallest absolute Gasteiger partial charge is 0.337 e. The lowest BCUT2D eigenvalue weighted by Crippen LogP contribution is -2.19. The highest BCUT2D eigenvalue weighted by atomic mass is 16.5. The summed E-state index contributed by atoms with van der Waals surface area (Å²) in [7, 11) is 1.35. The van der Waals surface area contributed by atoms with E-state index in [1.807, 2.05) is 30.3 Å². The van der Waals surface area contributed by atoms with Gasteiger partial charge in [-0.3, -0.25) is 4.79 Å². The number of nitrogens with two attached hydrogens (primary N) is 1. The highest BCUT2D eigenvalue weighted by molar-refractivity contribution is 6.03. The number of hydrogen-bond donors (Lipinski definition) is 2. The quantitative estimate of drug-likeness (QED) is 0.826. The van der Waals surface area contributed by atoms with E-state index in [4.69, 9.17) is 5.73 Å². The zero-order valence-electron chi connectivity index (χ0n) is 11.4. The minimum atomic E-state index is -0.630. The van der Waals surface area contributed by atoms with Crippen molar-refractivity contribution in [3.05, 3.63) is 53.6 Å². The highest BCUT2D eigenvalue weighted by Crippen LogP contribution is 2.33. The van der Waals surface area contributed by atoms with Gasteiger partial charge < -0.3 is 15.8 Å². The van der Waals surface area contributed by atoms with Crippen LogP contribution in [0.1, 0.15) is 22.0 Å². The van der Waals surface area contributed by atoms with Crippen LogP contribution in [0.25, 0.3) is 11.1 Å². The minimum Gasteiger partial charge on any atom is -0.465 e. The van der Waals surface area contributed by atoms with E-state index < -0.39 is 6.04 Å². The van der Waals surface area contributed by atoms with Crippen molar-refractivity contribution in [2.45, 2.75) is 6.04 Å². The first-order valence-corrected chi connectivity index (χ1v) is 6.49. The Bertz CT molecular complexity index is 723. The maximum atomic E-state index is 11.5. The van der Waals surface area contributed by atoms with Crippen molar-refractivity contribution in [1.82, 2.24) is 0 Å². The molecule has 0 fully saturated rings. The van der Waals surface area contributed by atoms with Gasteiger partial charge in [0.15, 0.2) is 0 Å². The fourth-order valence-corrected chi connectivity index (χ4v) is 2.38. The van der Waals surface area contributed by atoms with Gasteiger partial charge in [-0.25, -0.2) is 4.79 Å². The van der Waals surface area contributed by atoms with Crippen molar-refractivity contribution in [2.24, 2.45) is 5.73 Å². The van der Waals surface area contributed by atoms with Crippen LogP contribution in [-0.2, 0) is 9.53 Å². The Labute approximate surface area is 121 Å². The Kier molecular flexibility index (Phi) is 3.19. The Hall–Kier alpha value is -2.66. The molecule has 5 heteroatoms. The number of benzene rings is 2.